The summed E-state index contributed by atoms with van der Waals surface area (Å²) in [5.74, 6) is -1.66. The van der Waals surface area contributed by atoms with Crippen molar-refractivity contribution < 1.29 is 23.9 Å². The number of anilines is 1. The van der Waals surface area contributed by atoms with E-state index >= 15 is 0 Å². The van der Waals surface area contributed by atoms with E-state index in [4.69, 9.17) is 0 Å². The Balaban J connectivity index is 3.21. The molecule has 0 aliphatic carbocycles. The maximum absolute atomic E-state index is 11.7. The minimum atomic E-state index is -0.752. The molecule has 0 saturated carbocycles. The number of methoxy groups -OCH3 is 2. The predicted octanol–water partition coefficient (Wildman–Crippen LogP) is 2.29. The van der Waals surface area contributed by atoms with Gasteiger partial charge in [0.1, 0.15) is 5.70 Å². The van der Waals surface area contributed by atoms with Crippen LogP contribution in [0.15, 0.2) is 34.4 Å². The third-order valence-corrected chi connectivity index (χ3v) is 2.99. The summed E-state index contributed by atoms with van der Waals surface area (Å²) in [6.45, 7) is 1.40. The van der Waals surface area contributed by atoms with Gasteiger partial charge in [-0.3, -0.25) is 4.79 Å². The number of benzene rings is 1. The van der Waals surface area contributed by atoms with Crippen molar-refractivity contribution in [1.29, 1.82) is 0 Å². The Hall–Kier alpha value is -2.15. The van der Waals surface area contributed by atoms with Gasteiger partial charge in [-0.05, 0) is 25.1 Å². The lowest BCUT2D eigenvalue weighted by Gasteiger charge is -2.12. The van der Waals surface area contributed by atoms with Gasteiger partial charge in [0.25, 0.3) is 0 Å². The molecule has 21 heavy (non-hydrogen) atoms. The molecule has 0 aliphatic heterocycles. The second kappa shape index (κ2) is 7.58. The molecule has 0 unspecified atom stereocenters. The number of ketones is 1. The molecular formula is C14H14BrNO5. The molecule has 0 spiro atoms. The second-order valence-electron chi connectivity index (χ2n) is 3.94. The lowest BCUT2D eigenvalue weighted by molar-refractivity contribution is -0.138. The van der Waals surface area contributed by atoms with Crippen molar-refractivity contribution in [2.75, 3.05) is 19.5 Å². The van der Waals surface area contributed by atoms with E-state index in [1.807, 2.05) is 0 Å². The summed E-state index contributed by atoms with van der Waals surface area (Å²) in [6, 6.07) is 4.91. The highest BCUT2D eigenvalue weighted by Crippen LogP contribution is 2.23. The van der Waals surface area contributed by atoms with Crippen LogP contribution in [0, 0.1) is 0 Å². The van der Waals surface area contributed by atoms with Crippen LogP contribution in [0.4, 0.5) is 5.69 Å². The van der Waals surface area contributed by atoms with E-state index in [9.17, 15) is 14.4 Å². The molecule has 1 aromatic carbocycles. The van der Waals surface area contributed by atoms with Crippen LogP contribution in [0.2, 0.25) is 0 Å². The normalized spacial score (nSPS) is 10.8. The zero-order valence-corrected chi connectivity index (χ0v) is 13.3. The Morgan fingerprint density at radius 3 is 2.38 bits per heavy atom. The van der Waals surface area contributed by atoms with E-state index in [1.54, 1.807) is 18.2 Å². The van der Waals surface area contributed by atoms with Crippen molar-refractivity contribution in [3.8, 4) is 0 Å². The summed E-state index contributed by atoms with van der Waals surface area (Å²) >= 11 is 3.26. The highest BCUT2D eigenvalue weighted by molar-refractivity contribution is 9.10. The quantitative estimate of drug-likeness (QED) is 0.495. The average molecular weight is 356 g/mol. The lowest BCUT2D eigenvalue weighted by Crippen LogP contribution is -2.16. The number of Topliss-reactive ketones (excluding diaryl/α,β-unsaturated/α-hetero) is 1. The number of rotatable bonds is 5. The largest absolute Gasteiger partial charge is 0.466 e. The Labute approximate surface area is 130 Å². The number of nitrogens with one attached hydrogen (secondary N) is 1. The van der Waals surface area contributed by atoms with Gasteiger partial charge in [0.2, 0.25) is 0 Å². The van der Waals surface area contributed by atoms with Gasteiger partial charge in [-0.25, -0.2) is 9.59 Å². The van der Waals surface area contributed by atoms with Crippen LogP contribution in [0.1, 0.15) is 17.3 Å². The van der Waals surface area contributed by atoms with Crippen molar-refractivity contribution in [3.63, 3.8) is 0 Å². The molecule has 7 heteroatoms. The maximum atomic E-state index is 11.7. The first-order valence-corrected chi connectivity index (χ1v) is 6.63. The van der Waals surface area contributed by atoms with Crippen LogP contribution < -0.4 is 5.32 Å². The zero-order valence-electron chi connectivity index (χ0n) is 11.7. The summed E-state index contributed by atoms with van der Waals surface area (Å²) < 4.78 is 9.77. The van der Waals surface area contributed by atoms with Crippen molar-refractivity contribution >= 4 is 39.3 Å². The summed E-state index contributed by atoms with van der Waals surface area (Å²) in [5.41, 5.74) is 0.615. The van der Waals surface area contributed by atoms with Crippen molar-refractivity contribution in [3.05, 3.63) is 40.0 Å². The number of halogens is 1. The molecule has 0 aromatic heterocycles. The van der Waals surface area contributed by atoms with Gasteiger partial charge in [0.05, 0.1) is 20.3 Å². The Morgan fingerprint density at radius 1 is 1.19 bits per heavy atom. The molecule has 0 radical (unpaired) electrons. The minimum absolute atomic E-state index is 0.130. The molecule has 0 atom stereocenters. The molecule has 6 nitrogen and oxygen atoms in total. The average Bonchev–Trinajstić information content (AvgIpc) is 2.46. The molecule has 0 fully saturated rings. The number of carbonyl (C=O) groups excluding carboxylic acids is 3. The van der Waals surface area contributed by atoms with Crippen LogP contribution >= 0.6 is 15.9 Å². The first-order chi connectivity index (χ1) is 9.88. The molecule has 0 bridgehead atoms. The standard InChI is InChI=1S/C14H14BrNO5/c1-8(17)10-6-9(15)4-5-11(10)16-12(14(19)21-3)7-13(18)20-2/h4-7,16H,1-3H3/b12-7+. The summed E-state index contributed by atoms with van der Waals surface area (Å²) in [4.78, 5) is 34.6. The van der Waals surface area contributed by atoms with Crippen molar-refractivity contribution in [2.24, 2.45) is 0 Å². The van der Waals surface area contributed by atoms with Crippen molar-refractivity contribution in [2.45, 2.75) is 6.92 Å². The van der Waals surface area contributed by atoms with E-state index in [2.05, 4.69) is 30.7 Å². The van der Waals surface area contributed by atoms with E-state index in [-0.39, 0.29) is 11.5 Å². The molecule has 0 heterocycles. The lowest BCUT2D eigenvalue weighted by atomic mass is 10.1. The van der Waals surface area contributed by atoms with E-state index < -0.39 is 11.9 Å². The van der Waals surface area contributed by atoms with Crippen LogP contribution in [-0.4, -0.2) is 31.9 Å². The number of esters is 2. The monoisotopic (exact) mass is 355 g/mol. The van der Waals surface area contributed by atoms with Gasteiger partial charge in [0.15, 0.2) is 5.78 Å². The SMILES string of the molecule is COC(=O)/C=C(/Nc1ccc(Br)cc1C(C)=O)C(=O)OC. The topological polar surface area (TPSA) is 81.7 Å². The van der Waals surface area contributed by atoms with Crippen molar-refractivity contribution in [1.82, 2.24) is 0 Å². The van der Waals surface area contributed by atoms with Crippen LogP contribution in [0.5, 0.6) is 0 Å². The summed E-state index contributed by atoms with van der Waals surface area (Å²) in [5, 5.41) is 2.72. The second-order valence-corrected chi connectivity index (χ2v) is 4.86. The number of ether oxygens (including phenoxy) is 2. The Bertz CT molecular complexity index is 609. The first-order valence-electron chi connectivity index (χ1n) is 5.84. The fourth-order valence-electron chi connectivity index (χ4n) is 1.49. The van der Waals surface area contributed by atoms with E-state index in [0.29, 0.717) is 11.3 Å². The first kappa shape index (κ1) is 16.9. The van der Waals surface area contributed by atoms with Gasteiger partial charge in [-0.2, -0.15) is 0 Å². The smallest absolute Gasteiger partial charge is 0.354 e. The Morgan fingerprint density at radius 2 is 1.86 bits per heavy atom. The third kappa shape index (κ3) is 4.71. The van der Waals surface area contributed by atoms with E-state index in [0.717, 1.165) is 10.5 Å². The maximum Gasteiger partial charge on any atom is 0.354 e. The summed E-state index contributed by atoms with van der Waals surface area (Å²) in [7, 11) is 2.37. The molecule has 0 saturated heterocycles. The minimum Gasteiger partial charge on any atom is -0.466 e. The number of hydrogen-bond donors (Lipinski definition) is 1. The number of hydrogen-bond acceptors (Lipinski definition) is 6. The zero-order chi connectivity index (χ0) is 16.0. The molecule has 1 N–H and O–H groups in total. The predicted molar refractivity (Wildman–Crippen MR) is 79.9 cm³/mol. The van der Waals surface area contributed by atoms with Gasteiger partial charge in [-0.1, -0.05) is 15.9 Å². The van der Waals surface area contributed by atoms with Crippen LogP contribution in [0.3, 0.4) is 0 Å². The molecule has 1 rings (SSSR count). The number of carbonyl (C=O) groups is 3. The van der Waals surface area contributed by atoms with Crippen LogP contribution in [-0.2, 0) is 19.1 Å². The fourth-order valence-corrected chi connectivity index (χ4v) is 1.86. The fraction of sp³-hybridized carbons (Fsp3) is 0.214. The van der Waals surface area contributed by atoms with Crippen LogP contribution in [0.25, 0.3) is 0 Å². The third-order valence-electron chi connectivity index (χ3n) is 2.50. The highest BCUT2D eigenvalue weighted by Gasteiger charge is 2.16. The van der Waals surface area contributed by atoms with Gasteiger partial charge in [0, 0.05) is 15.7 Å². The van der Waals surface area contributed by atoms with Gasteiger partial charge >= 0.3 is 11.9 Å². The Kier molecular flexibility index (Phi) is 6.10. The molecule has 0 aliphatic rings. The van der Waals surface area contributed by atoms with Gasteiger partial charge in [-0.15, -0.1) is 0 Å². The summed E-state index contributed by atoms with van der Waals surface area (Å²) in [6.07, 6.45) is 0.956. The van der Waals surface area contributed by atoms with Gasteiger partial charge < -0.3 is 14.8 Å². The van der Waals surface area contributed by atoms with E-state index in [1.165, 1.54) is 21.1 Å². The molecule has 112 valence electrons. The molecular weight excluding hydrogens is 342 g/mol. The molecule has 1 aromatic rings. The highest BCUT2D eigenvalue weighted by atomic mass is 79.9. The molecule has 0 amide bonds.